The van der Waals surface area contributed by atoms with Gasteiger partial charge in [0.2, 0.25) is 0 Å². The highest BCUT2D eigenvalue weighted by Gasteiger charge is 2.42. The fourth-order valence-electron chi connectivity index (χ4n) is 4.26. The first-order valence-electron chi connectivity index (χ1n) is 10.1. The van der Waals surface area contributed by atoms with E-state index >= 15 is 0 Å². The van der Waals surface area contributed by atoms with Crippen LogP contribution in [0.4, 0.5) is 13.2 Å². The molecule has 1 aliphatic rings. The SMILES string of the molecule is COc1cc(C(F)(F)F)cc(SC)c1C(=O)N[C@]1(c2ccccc2)C[C@H](OC)CN(C)C1. The van der Waals surface area contributed by atoms with E-state index in [4.69, 9.17) is 9.47 Å². The number of ether oxygens (including phenoxy) is 2. The van der Waals surface area contributed by atoms with Crippen molar-refractivity contribution >= 4 is 17.7 Å². The number of likely N-dealkylation sites (tertiary alicyclic amines) is 1. The lowest BCUT2D eigenvalue weighted by molar-refractivity contribution is -0.137. The second kappa shape index (κ2) is 9.72. The molecule has 174 valence electrons. The fourth-order valence-corrected chi connectivity index (χ4v) is 4.90. The third-order valence-electron chi connectivity index (χ3n) is 5.70. The van der Waals surface area contributed by atoms with Crippen LogP contribution in [0.2, 0.25) is 0 Å². The molecule has 0 saturated carbocycles. The van der Waals surface area contributed by atoms with Crippen LogP contribution < -0.4 is 10.1 Å². The lowest BCUT2D eigenvalue weighted by Crippen LogP contribution is -2.59. The van der Waals surface area contributed by atoms with E-state index in [0.29, 0.717) is 19.5 Å². The van der Waals surface area contributed by atoms with E-state index in [0.717, 1.165) is 29.5 Å². The Morgan fingerprint density at radius 2 is 1.91 bits per heavy atom. The number of nitrogens with one attached hydrogen (secondary N) is 1. The lowest BCUT2D eigenvalue weighted by Gasteiger charge is -2.45. The number of alkyl halides is 3. The Kier molecular flexibility index (Phi) is 7.42. The summed E-state index contributed by atoms with van der Waals surface area (Å²) in [5.41, 5.74) is -0.649. The summed E-state index contributed by atoms with van der Waals surface area (Å²) in [7, 11) is 4.84. The summed E-state index contributed by atoms with van der Waals surface area (Å²) in [5, 5.41) is 3.13. The molecule has 2 atom stereocenters. The Hall–Kier alpha value is -2.23. The number of benzene rings is 2. The number of rotatable bonds is 6. The first-order chi connectivity index (χ1) is 15.1. The van der Waals surface area contributed by atoms with Crippen molar-refractivity contribution in [2.45, 2.75) is 29.1 Å². The normalized spacial score (nSPS) is 21.9. The Balaban J connectivity index is 2.07. The van der Waals surface area contributed by atoms with Gasteiger partial charge in [-0.15, -0.1) is 11.8 Å². The summed E-state index contributed by atoms with van der Waals surface area (Å²) in [6, 6.07) is 11.4. The summed E-state index contributed by atoms with van der Waals surface area (Å²) < 4.78 is 50.9. The van der Waals surface area contributed by atoms with Crippen molar-refractivity contribution < 1.29 is 27.4 Å². The molecular weight excluding hydrogens is 441 g/mol. The molecule has 0 bridgehead atoms. The van der Waals surface area contributed by atoms with Gasteiger partial charge in [0.25, 0.3) is 5.91 Å². The molecular formula is C23H27F3N2O3S. The molecule has 32 heavy (non-hydrogen) atoms. The van der Waals surface area contributed by atoms with Gasteiger partial charge in [0.1, 0.15) is 5.75 Å². The number of hydrogen-bond donors (Lipinski definition) is 1. The molecule has 5 nitrogen and oxygen atoms in total. The van der Waals surface area contributed by atoms with Gasteiger partial charge in [-0.1, -0.05) is 30.3 Å². The van der Waals surface area contributed by atoms with Gasteiger partial charge in [-0.3, -0.25) is 4.79 Å². The predicted molar refractivity (Wildman–Crippen MR) is 118 cm³/mol. The second-order valence-corrected chi connectivity index (χ2v) is 8.76. The Bertz CT molecular complexity index is 930. The van der Waals surface area contributed by atoms with Crippen LogP contribution in [0.5, 0.6) is 5.75 Å². The highest BCUT2D eigenvalue weighted by Crippen LogP contribution is 2.39. The van der Waals surface area contributed by atoms with Crippen molar-refractivity contribution in [2.75, 3.05) is 40.6 Å². The van der Waals surface area contributed by atoms with Gasteiger partial charge in [0.05, 0.1) is 29.9 Å². The Labute approximate surface area is 190 Å². The maximum Gasteiger partial charge on any atom is 0.416 e. The van der Waals surface area contributed by atoms with Crippen LogP contribution in [0.25, 0.3) is 0 Å². The van der Waals surface area contributed by atoms with E-state index in [1.165, 1.54) is 7.11 Å². The number of carbonyl (C=O) groups excluding carboxylic acids is 1. The third kappa shape index (κ3) is 5.05. The third-order valence-corrected chi connectivity index (χ3v) is 6.47. The van der Waals surface area contributed by atoms with Gasteiger partial charge in [-0.05, 0) is 31.0 Å². The molecule has 2 aromatic carbocycles. The number of amides is 1. The molecule has 0 unspecified atom stereocenters. The molecule has 0 spiro atoms. The second-order valence-electron chi connectivity index (χ2n) is 7.91. The van der Waals surface area contributed by atoms with Crippen LogP contribution in [0.15, 0.2) is 47.4 Å². The minimum atomic E-state index is -4.55. The molecule has 1 fully saturated rings. The molecule has 9 heteroatoms. The van der Waals surface area contributed by atoms with Crippen LogP contribution in [-0.2, 0) is 16.5 Å². The molecule has 0 radical (unpaired) electrons. The summed E-state index contributed by atoms with van der Waals surface area (Å²) in [6.07, 6.45) is -2.51. The Morgan fingerprint density at radius 3 is 2.47 bits per heavy atom. The first-order valence-corrected chi connectivity index (χ1v) is 11.3. The highest BCUT2D eigenvalue weighted by atomic mass is 32.2. The lowest BCUT2D eigenvalue weighted by atomic mass is 9.80. The van der Waals surface area contributed by atoms with Crippen LogP contribution >= 0.6 is 11.8 Å². The van der Waals surface area contributed by atoms with E-state index < -0.39 is 23.2 Å². The van der Waals surface area contributed by atoms with Gasteiger partial charge in [0, 0.05) is 31.5 Å². The van der Waals surface area contributed by atoms with Crippen molar-refractivity contribution in [3.63, 3.8) is 0 Å². The van der Waals surface area contributed by atoms with Crippen LogP contribution in [-0.4, -0.2) is 57.5 Å². The molecule has 3 rings (SSSR count). The first kappa shape index (κ1) is 24.4. The maximum absolute atomic E-state index is 13.6. The molecule has 1 N–H and O–H groups in total. The smallest absolute Gasteiger partial charge is 0.416 e. The van der Waals surface area contributed by atoms with Gasteiger partial charge < -0.3 is 19.7 Å². The summed E-state index contributed by atoms with van der Waals surface area (Å²) in [6.45, 7) is 1.24. The molecule has 2 aromatic rings. The van der Waals surface area contributed by atoms with E-state index in [2.05, 4.69) is 10.2 Å². The molecule has 1 amide bonds. The minimum Gasteiger partial charge on any atom is -0.496 e. The van der Waals surface area contributed by atoms with Crippen LogP contribution in [0.3, 0.4) is 0 Å². The summed E-state index contributed by atoms with van der Waals surface area (Å²) in [5.74, 6) is -0.605. The molecule has 1 aliphatic heterocycles. The average molecular weight is 469 g/mol. The minimum absolute atomic E-state index is 0.0884. The summed E-state index contributed by atoms with van der Waals surface area (Å²) >= 11 is 1.07. The van der Waals surface area contributed by atoms with E-state index in [9.17, 15) is 18.0 Å². The molecule has 1 heterocycles. The fraction of sp³-hybridized carbons (Fsp3) is 0.435. The van der Waals surface area contributed by atoms with Gasteiger partial charge in [0.15, 0.2) is 0 Å². The van der Waals surface area contributed by atoms with Crippen molar-refractivity contribution in [1.29, 1.82) is 0 Å². The zero-order chi connectivity index (χ0) is 23.5. The monoisotopic (exact) mass is 468 g/mol. The number of thioether (sulfide) groups is 1. The standard InChI is InChI=1S/C23H27F3N2O3S/c1-28-13-17(30-2)12-22(14-28,15-8-6-5-7-9-15)27-21(29)20-18(31-3)10-16(23(24,25)26)11-19(20)32-4/h5-11,17H,12-14H2,1-4H3,(H,27,29)/t17-,22+/m0/s1. The van der Waals surface area contributed by atoms with Gasteiger partial charge >= 0.3 is 6.18 Å². The molecule has 1 saturated heterocycles. The largest absolute Gasteiger partial charge is 0.496 e. The van der Waals surface area contributed by atoms with E-state index in [1.54, 1.807) is 13.4 Å². The van der Waals surface area contributed by atoms with Crippen molar-refractivity contribution in [1.82, 2.24) is 10.2 Å². The number of methoxy groups -OCH3 is 2. The Morgan fingerprint density at radius 1 is 1.22 bits per heavy atom. The van der Waals surface area contributed by atoms with Crippen molar-refractivity contribution in [3.05, 3.63) is 59.2 Å². The number of halogens is 3. The van der Waals surface area contributed by atoms with Crippen molar-refractivity contribution in [3.8, 4) is 5.75 Å². The molecule has 0 aromatic heterocycles. The van der Waals surface area contributed by atoms with E-state index in [1.807, 2.05) is 37.4 Å². The summed E-state index contributed by atoms with van der Waals surface area (Å²) in [4.78, 5) is 15.8. The topological polar surface area (TPSA) is 50.8 Å². The van der Waals surface area contributed by atoms with Crippen LogP contribution in [0, 0.1) is 0 Å². The number of carbonyl (C=O) groups is 1. The number of nitrogens with zero attached hydrogens (tertiary/aromatic N) is 1. The molecule has 0 aliphatic carbocycles. The van der Waals surface area contributed by atoms with Gasteiger partial charge in [-0.25, -0.2) is 0 Å². The highest BCUT2D eigenvalue weighted by molar-refractivity contribution is 7.98. The number of piperidine rings is 1. The quantitative estimate of drug-likeness (QED) is 0.637. The maximum atomic E-state index is 13.6. The average Bonchev–Trinajstić information content (AvgIpc) is 2.77. The predicted octanol–water partition coefficient (Wildman–Crippen LogP) is 4.41. The van der Waals surface area contributed by atoms with Crippen LogP contribution in [0.1, 0.15) is 27.9 Å². The zero-order valence-corrected chi connectivity index (χ0v) is 19.3. The van der Waals surface area contributed by atoms with Crippen molar-refractivity contribution in [2.24, 2.45) is 0 Å². The number of hydrogen-bond acceptors (Lipinski definition) is 5. The number of likely N-dealkylation sites (N-methyl/N-ethyl adjacent to an activating group) is 1. The van der Waals surface area contributed by atoms with Gasteiger partial charge in [-0.2, -0.15) is 13.2 Å². The zero-order valence-electron chi connectivity index (χ0n) is 18.5. The van der Waals surface area contributed by atoms with E-state index in [-0.39, 0.29) is 22.3 Å².